The normalized spacial score (nSPS) is 12.0. The summed E-state index contributed by atoms with van der Waals surface area (Å²) in [7, 11) is 0. The smallest absolute Gasteiger partial charge is 0.162 e. The fraction of sp³-hybridized carbons (Fsp3) is 0.379. The van der Waals surface area contributed by atoms with Crippen molar-refractivity contribution in [2.75, 3.05) is 50.3 Å². The summed E-state index contributed by atoms with van der Waals surface area (Å²) in [6.45, 7) is 8.28. The highest BCUT2D eigenvalue weighted by Crippen LogP contribution is 2.35. The van der Waals surface area contributed by atoms with Crippen LogP contribution in [0.25, 0.3) is 0 Å². The number of alkyl halides is 2. The molecular weight excluding hydrogens is 716 g/mol. The topological polar surface area (TPSA) is 118 Å². The van der Waals surface area contributed by atoms with Crippen molar-refractivity contribution in [1.82, 2.24) is 0 Å². The number of halogens is 3. The molecule has 11 heteroatoms. The lowest BCUT2D eigenvalue weighted by Gasteiger charge is -2.19. The van der Waals surface area contributed by atoms with E-state index in [1.165, 1.54) is 23.3 Å². The fourth-order valence-corrected chi connectivity index (χ4v) is 3.27. The highest BCUT2D eigenvalue weighted by Gasteiger charge is 2.12. The van der Waals surface area contributed by atoms with Gasteiger partial charge in [0.1, 0.15) is 26.4 Å². The van der Waals surface area contributed by atoms with Gasteiger partial charge in [-0.3, -0.25) is 0 Å². The maximum atomic E-state index is 8.85. The van der Waals surface area contributed by atoms with Crippen LogP contribution in [0.3, 0.4) is 0 Å². The largest absolute Gasteiger partial charge is 0.504 e. The van der Waals surface area contributed by atoms with E-state index in [0.717, 1.165) is 43.7 Å². The zero-order chi connectivity index (χ0) is 29.9. The Balaban J connectivity index is 0.000000267. The molecule has 40 heavy (non-hydrogen) atoms. The molecule has 2 heterocycles. The van der Waals surface area contributed by atoms with Gasteiger partial charge in [0.2, 0.25) is 0 Å². The van der Waals surface area contributed by atoms with Crippen molar-refractivity contribution in [3.8, 4) is 34.5 Å². The van der Waals surface area contributed by atoms with Crippen molar-refractivity contribution in [2.45, 2.75) is 20.8 Å². The van der Waals surface area contributed by atoms with Crippen LogP contribution in [-0.4, -0.2) is 70.7 Å². The summed E-state index contributed by atoms with van der Waals surface area (Å²) in [5, 5.41) is 35.0. The summed E-state index contributed by atoms with van der Waals surface area (Å²) >= 11 is 9.84. The van der Waals surface area contributed by atoms with Gasteiger partial charge < -0.3 is 39.4 Å². The lowest BCUT2D eigenvalue weighted by atomic mass is 10.2. The first-order chi connectivity index (χ1) is 19.2. The zero-order valence-electron chi connectivity index (χ0n) is 22.8. The minimum absolute atomic E-state index is 0.0602. The van der Waals surface area contributed by atoms with Gasteiger partial charge in [0, 0.05) is 15.1 Å². The molecule has 5 rings (SSSR count). The molecule has 0 saturated carbocycles. The van der Waals surface area contributed by atoms with E-state index >= 15 is 0 Å². The van der Waals surface area contributed by atoms with Gasteiger partial charge in [-0.2, -0.15) is 0 Å². The number of phenolic OH excluding ortho intramolecular Hbond substituents is 2. The predicted molar refractivity (Wildman–Crippen MR) is 168 cm³/mol. The molecule has 3 aromatic rings. The van der Waals surface area contributed by atoms with Crippen molar-refractivity contribution < 1.29 is 39.4 Å². The zero-order valence-corrected chi connectivity index (χ0v) is 27.6. The summed E-state index contributed by atoms with van der Waals surface area (Å²) < 4.78 is 22.6. The second-order valence-electron chi connectivity index (χ2n) is 8.21. The number of rotatable bonds is 2. The molecule has 0 saturated heterocycles. The van der Waals surface area contributed by atoms with Crippen LogP contribution in [-0.2, 0) is 0 Å². The number of aryl methyl sites for hydroxylation is 3. The maximum absolute atomic E-state index is 8.85. The van der Waals surface area contributed by atoms with Crippen molar-refractivity contribution in [3.63, 3.8) is 0 Å². The average Bonchev–Trinajstić information content (AvgIpc) is 2.96. The molecule has 3 aromatic carbocycles. The number of aromatic hydroxyl groups is 2. The van der Waals surface area contributed by atoms with Crippen LogP contribution in [0.4, 0.5) is 0 Å². The molecule has 0 amide bonds. The maximum Gasteiger partial charge on any atom is 0.162 e. The Bertz CT molecular complexity index is 1110. The van der Waals surface area contributed by atoms with Crippen LogP contribution >= 0.6 is 47.8 Å². The monoisotopic (exact) mass is 750 g/mol. The molecule has 0 aliphatic carbocycles. The average molecular weight is 753 g/mol. The van der Waals surface area contributed by atoms with Crippen LogP contribution in [0.5, 0.6) is 34.5 Å². The van der Waals surface area contributed by atoms with Crippen LogP contribution in [0, 0.1) is 20.8 Å². The minimum atomic E-state index is -0.125. The summed E-state index contributed by atoms with van der Waals surface area (Å²) in [5.74, 6) is 3.29. The third-order valence-electron chi connectivity index (χ3n) is 4.82. The van der Waals surface area contributed by atoms with Gasteiger partial charge in [0.05, 0.1) is 13.2 Å². The van der Waals surface area contributed by atoms with E-state index in [1.54, 1.807) is 6.07 Å². The first-order valence-electron chi connectivity index (χ1n) is 12.4. The van der Waals surface area contributed by atoms with Gasteiger partial charge in [-0.05, 0) is 73.9 Å². The number of ether oxygens (including phenoxy) is 4. The molecule has 8 nitrogen and oxygen atoms in total. The Labute approximate surface area is 261 Å². The standard InChI is InChI=1S/C9H9BrO2.C9H10O2.C7H8O2.C2H4Br2.C2H6O2/c1-6-4-8-9(5-7(6)10)12-3-2-11-8;1-7-2-3-8-9(6-7)11-5-4-10-8;1-5-2-3-6(8)7(9)4-5;2*3-1-2-4/h4-5H,2-3H2,1H3;2-3,6H,4-5H2,1H3;2-4,8-9H,1H3;1-2H2;3-4H,1-2H2. The van der Waals surface area contributed by atoms with Gasteiger partial charge in [-0.15, -0.1) is 0 Å². The van der Waals surface area contributed by atoms with Crippen LogP contribution in [0.15, 0.2) is 53.0 Å². The van der Waals surface area contributed by atoms with Gasteiger partial charge >= 0.3 is 0 Å². The molecule has 2 aliphatic rings. The number of aliphatic hydroxyl groups is 2. The molecular formula is C29H37Br3O8. The Morgan fingerprint density at radius 2 is 1.05 bits per heavy atom. The fourth-order valence-electron chi connectivity index (χ4n) is 2.95. The van der Waals surface area contributed by atoms with E-state index < -0.39 is 0 Å². The van der Waals surface area contributed by atoms with Gasteiger partial charge in [0.25, 0.3) is 0 Å². The van der Waals surface area contributed by atoms with Crippen molar-refractivity contribution in [3.05, 3.63) is 69.7 Å². The second kappa shape index (κ2) is 20.7. The van der Waals surface area contributed by atoms with Gasteiger partial charge in [-0.1, -0.05) is 59.9 Å². The third-order valence-corrected chi connectivity index (χ3v) is 7.53. The van der Waals surface area contributed by atoms with Gasteiger partial charge in [0.15, 0.2) is 34.5 Å². The highest BCUT2D eigenvalue weighted by molar-refractivity contribution is 9.12. The lowest BCUT2D eigenvalue weighted by molar-refractivity contribution is 0.171. The number of fused-ring (bicyclic) bond motifs is 2. The quantitative estimate of drug-likeness (QED) is 0.175. The number of aliphatic hydroxyl groups excluding tert-OH is 2. The summed E-state index contributed by atoms with van der Waals surface area (Å²) in [6, 6.07) is 14.6. The first kappa shape index (κ1) is 35.8. The van der Waals surface area contributed by atoms with Gasteiger partial charge in [-0.25, -0.2) is 0 Å². The van der Waals surface area contributed by atoms with E-state index in [1.807, 2.05) is 51.1 Å². The second-order valence-corrected chi connectivity index (χ2v) is 10.6. The van der Waals surface area contributed by atoms with E-state index in [2.05, 4.69) is 47.8 Å². The van der Waals surface area contributed by atoms with Crippen LogP contribution < -0.4 is 18.9 Å². The molecule has 0 fully saturated rings. The van der Waals surface area contributed by atoms with Crippen LogP contribution in [0.1, 0.15) is 16.7 Å². The summed E-state index contributed by atoms with van der Waals surface area (Å²) in [4.78, 5) is 0. The third kappa shape index (κ3) is 13.9. The van der Waals surface area contributed by atoms with Crippen molar-refractivity contribution in [2.24, 2.45) is 0 Å². The Morgan fingerprint density at radius 1 is 0.600 bits per heavy atom. The van der Waals surface area contributed by atoms with E-state index in [-0.39, 0.29) is 24.7 Å². The lowest BCUT2D eigenvalue weighted by Crippen LogP contribution is -2.15. The highest BCUT2D eigenvalue weighted by atomic mass is 79.9. The van der Waals surface area contributed by atoms with E-state index in [9.17, 15) is 0 Å². The Hall–Kier alpha value is -2.18. The van der Waals surface area contributed by atoms with Crippen molar-refractivity contribution in [1.29, 1.82) is 0 Å². The molecule has 0 radical (unpaired) electrons. The van der Waals surface area contributed by atoms with Crippen molar-refractivity contribution >= 4 is 47.8 Å². The number of hydrogen-bond acceptors (Lipinski definition) is 8. The number of phenols is 2. The number of hydrogen-bond donors (Lipinski definition) is 4. The molecule has 0 unspecified atom stereocenters. The SMILES string of the molecule is BrCCBr.Cc1cc2c(cc1Br)OCCO2.Cc1ccc(O)c(O)c1.Cc1ccc2c(c1)OCCO2.OCCO. The molecule has 222 valence electrons. The summed E-state index contributed by atoms with van der Waals surface area (Å²) in [6.07, 6.45) is 0. The molecule has 4 N–H and O–H groups in total. The Morgan fingerprint density at radius 3 is 1.52 bits per heavy atom. The first-order valence-corrected chi connectivity index (χ1v) is 15.4. The predicted octanol–water partition coefficient (Wildman–Crippen LogP) is 6.45. The molecule has 0 spiro atoms. The Kier molecular flexibility index (Phi) is 18.5. The molecule has 0 bridgehead atoms. The minimum Gasteiger partial charge on any atom is -0.504 e. The van der Waals surface area contributed by atoms with E-state index in [4.69, 9.17) is 39.4 Å². The van der Waals surface area contributed by atoms with E-state index in [0.29, 0.717) is 26.4 Å². The molecule has 0 atom stereocenters. The molecule has 0 aromatic heterocycles. The summed E-state index contributed by atoms with van der Waals surface area (Å²) in [5.41, 5.74) is 3.30. The molecule has 2 aliphatic heterocycles. The number of benzene rings is 3. The van der Waals surface area contributed by atoms with Crippen LogP contribution in [0.2, 0.25) is 0 Å².